The monoisotopic (exact) mass is 959 g/mol. The number of benzene rings is 14. The van der Waals surface area contributed by atoms with Crippen LogP contribution in [0.15, 0.2) is 273 Å². The molecule has 2 aliphatic carbocycles. The van der Waals surface area contributed by atoms with Crippen molar-refractivity contribution >= 4 is 75.7 Å². The zero-order valence-corrected chi connectivity index (χ0v) is 41.4. The van der Waals surface area contributed by atoms with Crippen LogP contribution in [0.25, 0.3) is 137 Å². The molecular formula is C75H45N. The number of nitrogens with zero attached hydrogens (tertiary/aromatic N) is 1. The smallest absolute Gasteiger partial charge is 0.0737 e. The highest BCUT2D eigenvalue weighted by Crippen LogP contribution is 2.67. The number of para-hydroxylation sites is 2. The molecule has 1 aromatic heterocycles. The fourth-order valence-electron chi connectivity index (χ4n) is 14.5. The van der Waals surface area contributed by atoms with Crippen molar-refractivity contribution in [2.75, 3.05) is 0 Å². The van der Waals surface area contributed by atoms with Crippen molar-refractivity contribution in [3.8, 4) is 61.3 Å². The van der Waals surface area contributed by atoms with Crippen LogP contribution in [0.3, 0.4) is 0 Å². The molecule has 0 radical (unpaired) electrons. The minimum Gasteiger partial charge on any atom is -0.309 e. The van der Waals surface area contributed by atoms with E-state index in [2.05, 4.69) is 278 Å². The lowest BCUT2D eigenvalue weighted by Crippen LogP contribution is -2.26. The first-order valence-electron chi connectivity index (χ1n) is 26.6. The second kappa shape index (κ2) is 15.6. The van der Waals surface area contributed by atoms with Gasteiger partial charge in [-0.25, -0.2) is 0 Å². The molecule has 14 aromatic carbocycles. The maximum atomic E-state index is 2.57. The van der Waals surface area contributed by atoms with E-state index >= 15 is 0 Å². The predicted molar refractivity (Wildman–Crippen MR) is 321 cm³/mol. The van der Waals surface area contributed by atoms with Crippen LogP contribution in [0.1, 0.15) is 22.3 Å². The topological polar surface area (TPSA) is 4.93 Å². The molecule has 17 rings (SSSR count). The summed E-state index contributed by atoms with van der Waals surface area (Å²) in [6, 6.07) is 103. The Morgan fingerprint density at radius 3 is 1.30 bits per heavy atom. The van der Waals surface area contributed by atoms with Crippen molar-refractivity contribution < 1.29 is 0 Å². The summed E-state index contributed by atoms with van der Waals surface area (Å²) in [5.74, 6) is 0. The first-order valence-corrected chi connectivity index (χ1v) is 26.6. The number of hydrogen-bond donors (Lipinski definition) is 0. The maximum Gasteiger partial charge on any atom is 0.0737 e. The van der Waals surface area contributed by atoms with Crippen molar-refractivity contribution in [1.82, 2.24) is 4.57 Å². The molecule has 15 aromatic rings. The number of fused-ring (bicyclic) bond motifs is 22. The van der Waals surface area contributed by atoms with Gasteiger partial charge in [0.1, 0.15) is 0 Å². The molecule has 76 heavy (non-hydrogen) atoms. The fourth-order valence-corrected chi connectivity index (χ4v) is 14.5. The summed E-state index contributed by atoms with van der Waals surface area (Å²) in [5, 5.41) is 15.2. The molecule has 0 bridgehead atoms. The molecule has 0 saturated heterocycles. The molecule has 0 fully saturated rings. The number of hydrogen-bond acceptors (Lipinski definition) is 0. The molecule has 1 spiro atoms. The van der Waals surface area contributed by atoms with Gasteiger partial charge in [-0.05, 0) is 174 Å². The predicted octanol–water partition coefficient (Wildman–Crippen LogP) is 19.9. The third-order valence-corrected chi connectivity index (χ3v) is 17.3. The normalized spacial score (nSPS) is 13.1. The average Bonchev–Trinajstić information content (AvgIpc) is 4.23. The van der Waals surface area contributed by atoms with Crippen LogP contribution in [-0.2, 0) is 5.41 Å². The lowest BCUT2D eigenvalue weighted by molar-refractivity contribution is 0.809. The van der Waals surface area contributed by atoms with E-state index in [0.717, 1.165) is 5.69 Å². The van der Waals surface area contributed by atoms with Crippen LogP contribution in [-0.4, -0.2) is 4.57 Å². The minimum atomic E-state index is -0.537. The van der Waals surface area contributed by atoms with Crippen molar-refractivity contribution in [2.45, 2.75) is 5.41 Å². The van der Waals surface area contributed by atoms with Gasteiger partial charge in [0.15, 0.2) is 0 Å². The van der Waals surface area contributed by atoms with Gasteiger partial charge in [0.2, 0.25) is 0 Å². The highest BCUT2D eigenvalue weighted by molar-refractivity contribution is 6.25. The van der Waals surface area contributed by atoms with Crippen LogP contribution in [0, 0.1) is 0 Å². The Hall–Kier alpha value is -9.82. The third kappa shape index (κ3) is 5.43. The van der Waals surface area contributed by atoms with E-state index < -0.39 is 5.41 Å². The van der Waals surface area contributed by atoms with Gasteiger partial charge in [-0.2, -0.15) is 0 Å². The van der Waals surface area contributed by atoms with Gasteiger partial charge >= 0.3 is 0 Å². The minimum absolute atomic E-state index is 0.537. The van der Waals surface area contributed by atoms with Gasteiger partial charge in [0, 0.05) is 16.5 Å². The van der Waals surface area contributed by atoms with E-state index in [1.807, 2.05) is 0 Å². The summed E-state index contributed by atoms with van der Waals surface area (Å²) in [7, 11) is 0. The summed E-state index contributed by atoms with van der Waals surface area (Å²) in [5.41, 5.74) is 21.2. The summed E-state index contributed by atoms with van der Waals surface area (Å²) >= 11 is 0. The lowest BCUT2D eigenvalue weighted by Gasteiger charge is -2.33. The van der Waals surface area contributed by atoms with Gasteiger partial charge in [-0.1, -0.05) is 231 Å². The Bertz CT molecular complexity index is 4890. The largest absolute Gasteiger partial charge is 0.309 e. The lowest BCUT2D eigenvalue weighted by atomic mass is 9.68. The van der Waals surface area contributed by atoms with E-state index in [-0.39, 0.29) is 0 Å². The van der Waals surface area contributed by atoms with Gasteiger partial charge in [-0.3, -0.25) is 0 Å². The Kier molecular flexibility index (Phi) is 8.55. The molecule has 1 nitrogen and oxygen atoms in total. The molecule has 0 amide bonds. The van der Waals surface area contributed by atoms with Crippen LogP contribution in [0.5, 0.6) is 0 Å². The van der Waals surface area contributed by atoms with Crippen LogP contribution < -0.4 is 0 Å². The quantitative estimate of drug-likeness (QED) is 0.122. The van der Waals surface area contributed by atoms with Crippen molar-refractivity contribution in [1.29, 1.82) is 0 Å². The molecule has 350 valence electrons. The van der Waals surface area contributed by atoms with Gasteiger partial charge in [0.25, 0.3) is 0 Å². The Balaban J connectivity index is 0.920. The number of rotatable bonds is 4. The molecule has 0 saturated carbocycles. The van der Waals surface area contributed by atoms with E-state index in [1.54, 1.807) is 0 Å². The summed E-state index contributed by atoms with van der Waals surface area (Å²) < 4.78 is 2.40. The maximum absolute atomic E-state index is 2.57. The van der Waals surface area contributed by atoms with Gasteiger partial charge < -0.3 is 4.57 Å². The Labute approximate surface area is 439 Å². The van der Waals surface area contributed by atoms with Crippen molar-refractivity contribution in [3.63, 3.8) is 0 Å². The molecule has 1 heterocycles. The first kappa shape index (κ1) is 41.6. The molecule has 0 N–H and O–H groups in total. The van der Waals surface area contributed by atoms with Crippen molar-refractivity contribution in [3.05, 3.63) is 295 Å². The molecule has 1 heteroatoms. The van der Waals surface area contributed by atoms with E-state index in [1.165, 1.54) is 154 Å². The molecular weight excluding hydrogens is 915 g/mol. The fraction of sp³-hybridized carbons (Fsp3) is 0.0133. The van der Waals surface area contributed by atoms with Crippen LogP contribution >= 0.6 is 0 Å². The van der Waals surface area contributed by atoms with Crippen LogP contribution in [0.4, 0.5) is 0 Å². The highest BCUT2D eigenvalue weighted by atomic mass is 15.0. The van der Waals surface area contributed by atoms with E-state index in [0.29, 0.717) is 0 Å². The van der Waals surface area contributed by atoms with E-state index in [4.69, 9.17) is 0 Å². The zero-order chi connectivity index (χ0) is 49.6. The van der Waals surface area contributed by atoms with Gasteiger partial charge in [-0.15, -0.1) is 0 Å². The SMILES string of the molecule is c1ccc(-n2c3ccccc3c3cc(-c4c5ccccc5c(-c5cccc(-c6cc7c(c8ccccc68)C6(c8ccccc8-c8ccccc86)c6c-7c7ccccc7c7ccccc67)c5)c5ccccc45)ccc32)cc1. The Morgan fingerprint density at radius 1 is 0.224 bits per heavy atom. The summed E-state index contributed by atoms with van der Waals surface area (Å²) in [4.78, 5) is 0. The van der Waals surface area contributed by atoms with Crippen LogP contribution in [0.2, 0.25) is 0 Å². The highest BCUT2D eigenvalue weighted by Gasteiger charge is 2.54. The molecule has 0 unspecified atom stereocenters. The van der Waals surface area contributed by atoms with Gasteiger partial charge in [0.05, 0.1) is 16.4 Å². The summed E-state index contributed by atoms with van der Waals surface area (Å²) in [6.07, 6.45) is 0. The van der Waals surface area contributed by atoms with Crippen molar-refractivity contribution in [2.24, 2.45) is 0 Å². The molecule has 2 aliphatic rings. The second-order valence-corrected chi connectivity index (χ2v) is 20.9. The molecule has 0 atom stereocenters. The first-order chi connectivity index (χ1) is 37.8. The third-order valence-electron chi connectivity index (χ3n) is 17.3. The second-order valence-electron chi connectivity index (χ2n) is 20.9. The standard InChI is InChI=1S/C75H45N/c1-2-23-49(24-3-1)76-68-40-19-16-30-55(68)64-44-48(41-42-69(64)76)71-59-34-10-8-32-57(59)70(58-33-9-11-35-60(58)71)47-22-20-21-46(43-47)63-45-65-72-56-31-7-4-25-50(56)51-26-5-13-37-62(51)74(72)75(73(65)61-36-12-6-27-52(61)63)66-38-17-14-28-53(66)54-29-15-18-39-67(54)75/h1-45H. The average molecular weight is 960 g/mol. The van der Waals surface area contributed by atoms with E-state index in [9.17, 15) is 0 Å². The zero-order valence-electron chi connectivity index (χ0n) is 41.4. The Morgan fingerprint density at radius 2 is 0.671 bits per heavy atom. The summed E-state index contributed by atoms with van der Waals surface area (Å²) in [6.45, 7) is 0. The molecule has 0 aliphatic heterocycles. The number of aromatic nitrogens is 1.